The summed E-state index contributed by atoms with van der Waals surface area (Å²) in [5, 5.41) is 0. The molecular weight excluding hydrogens is 440 g/mol. The van der Waals surface area contributed by atoms with Gasteiger partial charge in [-0.1, -0.05) is 30.3 Å². The molecule has 6 nitrogen and oxygen atoms in total. The summed E-state index contributed by atoms with van der Waals surface area (Å²) in [5.41, 5.74) is 1.87. The Balaban J connectivity index is 1.60. The lowest BCUT2D eigenvalue weighted by Gasteiger charge is -2.40. The lowest BCUT2D eigenvalue weighted by Crippen LogP contribution is -2.51. The molecule has 0 bridgehead atoms. The van der Waals surface area contributed by atoms with Gasteiger partial charge in [-0.3, -0.25) is 9.59 Å². The van der Waals surface area contributed by atoms with Crippen LogP contribution in [-0.4, -0.2) is 46.9 Å². The molecule has 3 aromatic carbocycles. The topological polar surface area (TPSA) is 59.1 Å². The summed E-state index contributed by atoms with van der Waals surface area (Å²) in [7, 11) is 0. The van der Waals surface area contributed by atoms with Crippen molar-refractivity contribution in [2.45, 2.75) is 45.6 Å². The van der Waals surface area contributed by atoms with Crippen molar-refractivity contribution >= 4 is 11.8 Å². The number of hydrogen-bond donors (Lipinski definition) is 0. The molecule has 0 spiro atoms. The average Bonchev–Trinajstić information content (AvgIpc) is 3.34. The van der Waals surface area contributed by atoms with Crippen molar-refractivity contribution in [1.82, 2.24) is 9.80 Å². The number of nitrogens with zero attached hydrogens (tertiary/aromatic N) is 2. The number of fused-ring (bicyclic) bond motifs is 3. The predicted molar refractivity (Wildman–Crippen MR) is 134 cm³/mol. The molecular formula is C29H30N2O4. The van der Waals surface area contributed by atoms with Crippen LogP contribution in [0, 0.1) is 0 Å². The Morgan fingerprint density at radius 1 is 0.800 bits per heavy atom. The summed E-state index contributed by atoms with van der Waals surface area (Å²) in [5.74, 6) is 1.28. The fraction of sp³-hybridized carbons (Fsp3) is 0.310. The van der Waals surface area contributed by atoms with Gasteiger partial charge in [0.15, 0.2) is 5.66 Å². The maximum Gasteiger partial charge on any atom is 0.256 e. The zero-order chi connectivity index (χ0) is 24.7. The normalized spacial score (nSPS) is 18.7. The second-order valence-corrected chi connectivity index (χ2v) is 9.51. The van der Waals surface area contributed by atoms with E-state index in [0.29, 0.717) is 24.2 Å². The number of hydrogen-bond acceptors (Lipinski definition) is 4. The first-order chi connectivity index (χ1) is 16.8. The molecule has 0 saturated carbocycles. The van der Waals surface area contributed by atoms with Crippen LogP contribution in [0.25, 0.3) is 0 Å². The Hall–Kier alpha value is -3.80. The van der Waals surface area contributed by atoms with Gasteiger partial charge >= 0.3 is 0 Å². The van der Waals surface area contributed by atoms with Gasteiger partial charge in [0.1, 0.15) is 11.5 Å². The first-order valence-corrected chi connectivity index (χ1v) is 12.1. The molecule has 0 N–H and O–H groups in total. The van der Waals surface area contributed by atoms with Crippen LogP contribution < -0.4 is 9.47 Å². The number of rotatable bonds is 6. The van der Waals surface area contributed by atoms with Crippen molar-refractivity contribution in [2.75, 3.05) is 13.1 Å². The zero-order valence-corrected chi connectivity index (χ0v) is 20.5. The summed E-state index contributed by atoms with van der Waals surface area (Å²) in [6.07, 6.45) is 0.104. The van der Waals surface area contributed by atoms with E-state index in [1.165, 1.54) is 0 Å². The largest absolute Gasteiger partial charge is 0.491 e. The molecule has 3 aromatic rings. The predicted octanol–water partition coefficient (Wildman–Crippen LogP) is 5.07. The molecule has 0 aromatic heterocycles. The molecule has 6 heteroatoms. The smallest absolute Gasteiger partial charge is 0.256 e. The zero-order valence-electron chi connectivity index (χ0n) is 20.5. The fourth-order valence-corrected chi connectivity index (χ4v) is 5.19. The Morgan fingerprint density at radius 3 is 1.97 bits per heavy atom. The fourth-order valence-electron chi connectivity index (χ4n) is 5.19. The molecule has 0 aliphatic carbocycles. The van der Waals surface area contributed by atoms with Gasteiger partial charge < -0.3 is 19.3 Å². The van der Waals surface area contributed by atoms with Gasteiger partial charge in [-0.15, -0.1) is 0 Å². The minimum absolute atomic E-state index is 0.0515. The minimum Gasteiger partial charge on any atom is -0.491 e. The van der Waals surface area contributed by atoms with Gasteiger partial charge in [0.05, 0.1) is 12.2 Å². The first-order valence-electron chi connectivity index (χ1n) is 12.1. The summed E-state index contributed by atoms with van der Waals surface area (Å²) in [6.45, 7) is 8.79. The minimum atomic E-state index is -1.01. The Labute approximate surface area is 206 Å². The maximum absolute atomic E-state index is 14.0. The molecule has 1 saturated heterocycles. The highest BCUT2D eigenvalue weighted by Crippen LogP contribution is 2.50. The van der Waals surface area contributed by atoms with Gasteiger partial charge in [-0.25, -0.2) is 0 Å². The van der Waals surface area contributed by atoms with E-state index in [0.717, 1.165) is 22.6 Å². The second kappa shape index (κ2) is 8.77. The molecule has 5 rings (SSSR count). The molecule has 1 fully saturated rings. The van der Waals surface area contributed by atoms with Crippen LogP contribution in [0.3, 0.4) is 0 Å². The standard InChI is InChI=1S/C29H30N2O4/c1-19(2)34-23-13-9-21(10-14-23)27(32)30-17-18-31-28(33)25-7-5-6-8-26(25)29(30,31)22-11-15-24(16-12-22)35-20(3)4/h5-16,19-20H,17-18H2,1-4H3. The maximum atomic E-state index is 14.0. The summed E-state index contributed by atoms with van der Waals surface area (Å²) >= 11 is 0. The van der Waals surface area contributed by atoms with Crippen LogP contribution in [-0.2, 0) is 5.66 Å². The third kappa shape index (κ3) is 3.73. The molecule has 180 valence electrons. The van der Waals surface area contributed by atoms with E-state index in [2.05, 4.69) is 0 Å². The van der Waals surface area contributed by atoms with E-state index in [-0.39, 0.29) is 24.0 Å². The van der Waals surface area contributed by atoms with Crippen molar-refractivity contribution in [2.24, 2.45) is 0 Å². The Morgan fingerprint density at radius 2 is 1.37 bits per heavy atom. The van der Waals surface area contributed by atoms with Gasteiger partial charge in [-0.05, 0) is 70.2 Å². The van der Waals surface area contributed by atoms with Crippen LogP contribution in [0.15, 0.2) is 72.8 Å². The van der Waals surface area contributed by atoms with E-state index in [4.69, 9.17) is 9.47 Å². The third-order valence-corrected chi connectivity index (χ3v) is 6.45. The molecule has 2 heterocycles. The highest BCUT2D eigenvalue weighted by molar-refractivity contribution is 6.03. The van der Waals surface area contributed by atoms with Crippen LogP contribution in [0.5, 0.6) is 11.5 Å². The van der Waals surface area contributed by atoms with E-state index in [9.17, 15) is 9.59 Å². The van der Waals surface area contributed by atoms with Crippen molar-refractivity contribution in [3.8, 4) is 11.5 Å². The monoisotopic (exact) mass is 470 g/mol. The van der Waals surface area contributed by atoms with Gasteiger partial charge in [-0.2, -0.15) is 0 Å². The van der Waals surface area contributed by atoms with E-state index < -0.39 is 5.66 Å². The molecule has 0 radical (unpaired) electrons. The van der Waals surface area contributed by atoms with Crippen molar-refractivity contribution < 1.29 is 19.1 Å². The van der Waals surface area contributed by atoms with Crippen molar-refractivity contribution in [3.05, 3.63) is 95.1 Å². The van der Waals surface area contributed by atoms with Gasteiger partial charge in [0.25, 0.3) is 11.8 Å². The summed E-state index contributed by atoms with van der Waals surface area (Å²) in [6, 6.07) is 22.6. The highest BCUT2D eigenvalue weighted by Gasteiger charge is 2.59. The summed E-state index contributed by atoms with van der Waals surface area (Å²) in [4.78, 5) is 31.1. The Bertz CT molecular complexity index is 1250. The molecule has 2 aliphatic heterocycles. The van der Waals surface area contributed by atoms with Gasteiger partial charge in [0, 0.05) is 35.3 Å². The molecule has 2 amide bonds. The first kappa shape index (κ1) is 23.0. The van der Waals surface area contributed by atoms with E-state index in [1.54, 1.807) is 12.1 Å². The highest BCUT2D eigenvalue weighted by atomic mass is 16.5. The number of amides is 2. The Kier molecular flexibility index (Phi) is 5.75. The third-order valence-electron chi connectivity index (χ3n) is 6.45. The van der Waals surface area contributed by atoms with Crippen molar-refractivity contribution in [1.29, 1.82) is 0 Å². The van der Waals surface area contributed by atoms with E-state index >= 15 is 0 Å². The molecule has 1 atom stereocenters. The lowest BCUT2D eigenvalue weighted by molar-refractivity contribution is 0.0375. The number of benzene rings is 3. The SMILES string of the molecule is CC(C)Oc1ccc(C(=O)N2CCN3C(=O)c4ccccc4C23c2ccc(OC(C)C)cc2)cc1. The lowest BCUT2D eigenvalue weighted by atomic mass is 9.89. The molecule has 1 unspecified atom stereocenters. The van der Waals surface area contributed by atoms with Crippen molar-refractivity contribution in [3.63, 3.8) is 0 Å². The van der Waals surface area contributed by atoms with Crippen LogP contribution in [0.4, 0.5) is 0 Å². The van der Waals surface area contributed by atoms with E-state index in [1.807, 2.05) is 98.2 Å². The molecule has 35 heavy (non-hydrogen) atoms. The van der Waals surface area contributed by atoms with Gasteiger partial charge in [0.2, 0.25) is 0 Å². The molecule has 2 aliphatic rings. The number of ether oxygens (including phenoxy) is 2. The van der Waals surface area contributed by atoms with Crippen LogP contribution in [0.1, 0.15) is 59.5 Å². The van der Waals surface area contributed by atoms with Crippen LogP contribution in [0.2, 0.25) is 0 Å². The summed E-state index contributed by atoms with van der Waals surface area (Å²) < 4.78 is 11.6. The average molecular weight is 471 g/mol. The number of carbonyl (C=O) groups is 2. The second-order valence-electron chi connectivity index (χ2n) is 9.51. The van der Waals surface area contributed by atoms with Crippen LogP contribution >= 0.6 is 0 Å². The number of carbonyl (C=O) groups excluding carboxylic acids is 2. The quantitative estimate of drug-likeness (QED) is 0.505.